The largest absolute Gasteiger partial charge is 0.412 e. The fraction of sp³-hybridized carbons (Fsp3) is 0.222. The summed E-state index contributed by atoms with van der Waals surface area (Å²) in [6, 6.07) is 8.02. The predicted octanol–water partition coefficient (Wildman–Crippen LogP) is 0.947. The molecule has 0 aliphatic heterocycles. The second kappa shape index (κ2) is 6.95. The summed E-state index contributed by atoms with van der Waals surface area (Å²) >= 11 is 0. The van der Waals surface area contributed by atoms with Gasteiger partial charge in [0.2, 0.25) is 0 Å². The molecule has 0 aliphatic rings. The highest BCUT2D eigenvalue weighted by Gasteiger charge is 2.10. The number of rotatable bonds is 1. The molecule has 0 heterocycles. The molecule has 3 N–H and O–H groups in total. The minimum Gasteiger partial charge on any atom is -0.412 e. The Balaban J connectivity index is 0. The monoisotopic (exact) mass is 231 g/mol. The first kappa shape index (κ1) is 16.0. The third-order valence-electron chi connectivity index (χ3n) is 1.37. The van der Waals surface area contributed by atoms with E-state index in [1.807, 2.05) is 0 Å². The Hall–Kier alpha value is -1.42. The van der Waals surface area contributed by atoms with Gasteiger partial charge in [0.25, 0.3) is 10.1 Å². The smallest absolute Gasteiger partial charge is 0.294 e. The fourth-order valence-corrected chi connectivity index (χ4v) is 1.57. The Labute approximate surface area is 89.0 Å². The van der Waals surface area contributed by atoms with Gasteiger partial charge < -0.3 is 5.48 Å². The molecular weight excluding hydrogens is 218 g/mol. The van der Waals surface area contributed by atoms with E-state index in [1.165, 1.54) is 13.0 Å². The summed E-state index contributed by atoms with van der Waals surface area (Å²) in [7, 11) is -4.03. The molecule has 0 bridgehead atoms. The van der Waals surface area contributed by atoms with Crippen molar-refractivity contribution in [3.8, 4) is 6.07 Å². The lowest BCUT2D eigenvalue weighted by atomic mass is 10.2. The molecule has 0 aromatic heterocycles. The summed E-state index contributed by atoms with van der Waals surface area (Å²) < 4.78 is 29.9. The number of nitrogens with zero attached hydrogens (tertiary/aromatic N) is 1. The standard InChI is InChI=1S/C7H8O3S.C2H3N.H2O/c1-6-4-2-3-5-7(6)11(8,9)10;1-2-3;/h2-5H,1H3,(H,8,9,10);1H3;1H2. The van der Waals surface area contributed by atoms with Gasteiger partial charge in [0.15, 0.2) is 0 Å². The van der Waals surface area contributed by atoms with Crippen LogP contribution in [0.3, 0.4) is 0 Å². The van der Waals surface area contributed by atoms with Gasteiger partial charge in [-0.2, -0.15) is 13.7 Å². The molecule has 0 radical (unpaired) electrons. The van der Waals surface area contributed by atoms with Crippen molar-refractivity contribution in [3.63, 3.8) is 0 Å². The summed E-state index contributed by atoms with van der Waals surface area (Å²) in [4.78, 5) is -0.0278. The van der Waals surface area contributed by atoms with Crippen LogP contribution in [0.15, 0.2) is 29.2 Å². The van der Waals surface area contributed by atoms with Crippen molar-refractivity contribution in [3.05, 3.63) is 29.8 Å². The molecule has 0 atom stereocenters. The first-order valence-electron chi connectivity index (χ1n) is 3.77. The number of benzene rings is 1. The third-order valence-corrected chi connectivity index (χ3v) is 2.39. The van der Waals surface area contributed by atoms with E-state index in [9.17, 15) is 8.42 Å². The quantitative estimate of drug-likeness (QED) is 0.725. The molecule has 0 aliphatic carbocycles. The highest BCUT2D eigenvalue weighted by Crippen LogP contribution is 2.12. The lowest BCUT2D eigenvalue weighted by Gasteiger charge is -1.99. The summed E-state index contributed by atoms with van der Waals surface area (Å²) in [5.74, 6) is 0. The van der Waals surface area contributed by atoms with Crippen molar-refractivity contribution in [1.82, 2.24) is 0 Å². The molecule has 5 nitrogen and oxygen atoms in total. The average molecular weight is 231 g/mol. The molecule has 15 heavy (non-hydrogen) atoms. The van der Waals surface area contributed by atoms with Gasteiger partial charge in [0, 0.05) is 6.92 Å². The maximum atomic E-state index is 10.6. The highest BCUT2D eigenvalue weighted by atomic mass is 32.2. The SMILES string of the molecule is CC#N.Cc1ccccc1S(=O)(=O)O.O. The number of hydrogen-bond acceptors (Lipinski definition) is 3. The summed E-state index contributed by atoms with van der Waals surface area (Å²) in [6.07, 6.45) is 0. The molecule has 0 spiro atoms. The maximum absolute atomic E-state index is 10.6. The Morgan fingerprint density at radius 2 is 1.73 bits per heavy atom. The van der Waals surface area contributed by atoms with Crippen LogP contribution in [0, 0.1) is 18.3 Å². The molecule has 0 saturated heterocycles. The first-order chi connectivity index (χ1) is 6.43. The highest BCUT2D eigenvalue weighted by molar-refractivity contribution is 7.85. The number of hydrogen-bond donors (Lipinski definition) is 1. The van der Waals surface area contributed by atoms with Crippen LogP contribution in [0.5, 0.6) is 0 Å². The van der Waals surface area contributed by atoms with E-state index in [0.29, 0.717) is 5.56 Å². The lowest BCUT2D eigenvalue weighted by Crippen LogP contribution is -1.99. The molecule has 0 fully saturated rings. The van der Waals surface area contributed by atoms with E-state index in [0.717, 1.165) is 0 Å². The van der Waals surface area contributed by atoms with Crippen LogP contribution in [0.1, 0.15) is 12.5 Å². The van der Waals surface area contributed by atoms with Crippen LogP contribution in [0.2, 0.25) is 0 Å². The van der Waals surface area contributed by atoms with Crippen LogP contribution < -0.4 is 0 Å². The summed E-state index contributed by atoms with van der Waals surface area (Å²) in [5, 5.41) is 7.32. The van der Waals surface area contributed by atoms with Gasteiger partial charge in [0.1, 0.15) is 0 Å². The zero-order valence-electron chi connectivity index (χ0n) is 8.43. The summed E-state index contributed by atoms with van der Waals surface area (Å²) in [5.41, 5.74) is 0.551. The zero-order chi connectivity index (χ0) is 11.2. The van der Waals surface area contributed by atoms with Crippen molar-refractivity contribution >= 4 is 10.1 Å². The second-order valence-corrected chi connectivity index (χ2v) is 3.85. The van der Waals surface area contributed by atoms with Crippen LogP contribution in [-0.2, 0) is 10.1 Å². The molecular formula is C9H13NO4S. The van der Waals surface area contributed by atoms with Crippen LogP contribution in [0.25, 0.3) is 0 Å². The van der Waals surface area contributed by atoms with E-state index >= 15 is 0 Å². The van der Waals surface area contributed by atoms with Crippen molar-refractivity contribution in [2.75, 3.05) is 0 Å². The number of aryl methyl sites for hydroxylation is 1. The minimum atomic E-state index is -4.03. The fourth-order valence-electron chi connectivity index (χ4n) is 0.846. The van der Waals surface area contributed by atoms with Crippen molar-refractivity contribution in [2.45, 2.75) is 18.7 Å². The van der Waals surface area contributed by atoms with Crippen LogP contribution in [0.4, 0.5) is 0 Å². The molecule has 6 heteroatoms. The first-order valence-corrected chi connectivity index (χ1v) is 5.21. The maximum Gasteiger partial charge on any atom is 0.294 e. The van der Waals surface area contributed by atoms with Crippen LogP contribution >= 0.6 is 0 Å². The van der Waals surface area contributed by atoms with Gasteiger partial charge in [0.05, 0.1) is 11.0 Å². The van der Waals surface area contributed by atoms with E-state index in [4.69, 9.17) is 9.81 Å². The lowest BCUT2D eigenvalue weighted by molar-refractivity contribution is 0.482. The molecule has 84 valence electrons. The average Bonchev–Trinajstić information content (AvgIpc) is 2.04. The van der Waals surface area contributed by atoms with E-state index < -0.39 is 10.1 Å². The van der Waals surface area contributed by atoms with Crippen molar-refractivity contribution in [1.29, 1.82) is 5.26 Å². The normalized spacial score (nSPS) is 8.93. The molecule has 0 amide bonds. The topological polar surface area (TPSA) is 110 Å². The Kier molecular flexibility index (Phi) is 7.43. The number of nitriles is 1. The molecule has 1 aromatic rings. The molecule has 0 saturated carbocycles. The third kappa shape index (κ3) is 5.80. The Morgan fingerprint density at radius 3 is 2.00 bits per heavy atom. The Bertz CT molecular complexity index is 434. The van der Waals surface area contributed by atoms with Gasteiger partial charge in [-0.1, -0.05) is 18.2 Å². The van der Waals surface area contributed by atoms with Gasteiger partial charge in [-0.3, -0.25) is 4.55 Å². The van der Waals surface area contributed by atoms with Crippen molar-refractivity contribution in [2.24, 2.45) is 0 Å². The van der Waals surface area contributed by atoms with Gasteiger partial charge in [-0.15, -0.1) is 0 Å². The van der Waals surface area contributed by atoms with Gasteiger partial charge >= 0.3 is 0 Å². The van der Waals surface area contributed by atoms with E-state index in [2.05, 4.69) is 0 Å². The van der Waals surface area contributed by atoms with E-state index in [1.54, 1.807) is 31.2 Å². The van der Waals surface area contributed by atoms with Gasteiger partial charge in [-0.25, -0.2) is 0 Å². The predicted molar refractivity (Wildman–Crippen MR) is 55.9 cm³/mol. The zero-order valence-corrected chi connectivity index (χ0v) is 9.25. The van der Waals surface area contributed by atoms with Crippen LogP contribution in [-0.4, -0.2) is 18.4 Å². The minimum absolute atomic E-state index is 0. The summed E-state index contributed by atoms with van der Waals surface area (Å²) in [6.45, 7) is 3.06. The molecule has 0 unspecified atom stereocenters. The van der Waals surface area contributed by atoms with E-state index in [-0.39, 0.29) is 10.4 Å². The van der Waals surface area contributed by atoms with Gasteiger partial charge in [-0.05, 0) is 18.6 Å². The second-order valence-electron chi connectivity index (χ2n) is 2.46. The Morgan fingerprint density at radius 1 is 1.33 bits per heavy atom. The molecule has 1 aromatic carbocycles. The van der Waals surface area contributed by atoms with Crippen molar-refractivity contribution < 1.29 is 18.4 Å². The molecule has 1 rings (SSSR count).